The van der Waals surface area contributed by atoms with Gasteiger partial charge in [-0.05, 0) is 54.1 Å². The van der Waals surface area contributed by atoms with Gasteiger partial charge in [0.05, 0.1) is 0 Å². The molecule has 0 saturated heterocycles. The maximum Gasteiger partial charge on any atom is 0.221 e. The molecule has 4 rings (SSSR count). The van der Waals surface area contributed by atoms with Crippen LogP contribution in [0.25, 0.3) is 10.9 Å². The van der Waals surface area contributed by atoms with Crippen LogP contribution >= 0.6 is 11.3 Å². The van der Waals surface area contributed by atoms with Gasteiger partial charge < -0.3 is 9.88 Å². The Hall–Kier alpha value is -2.92. The average molecular weight is 435 g/mol. The van der Waals surface area contributed by atoms with E-state index in [0.717, 1.165) is 28.5 Å². The Balaban J connectivity index is 1.72. The second-order valence-corrected chi connectivity index (χ2v) is 8.98. The molecule has 0 unspecified atom stereocenters. The Morgan fingerprint density at radius 2 is 1.87 bits per heavy atom. The van der Waals surface area contributed by atoms with Crippen LogP contribution in [0.4, 0.5) is 4.39 Å². The minimum Gasteiger partial charge on any atom is -0.354 e. The first-order valence-electron chi connectivity index (χ1n) is 10.7. The van der Waals surface area contributed by atoms with E-state index in [4.69, 9.17) is 0 Å². The molecule has 0 saturated carbocycles. The topological polar surface area (TPSA) is 34.0 Å². The third-order valence-corrected chi connectivity index (χ3v) is 6.74. The summed E-state index contributed by atoms with van der Waals surface area (Å²) in [5.74, 6) is -0.168. The van der Waals surface area contributed by atoms with Crippen LogP contribution in [0.5, 0.6) is 0 Å². The maximum atomic E-state index is 13.3. The quantitative estimate of drug-likeness (QED) is 0.346. The van der Waals surface area contributed by atoms with Crippen LogP contribution in [0.3, 0.4) is 0 Å². The largest absolute Gasteiger partial charge is 0.354 e. The van der Waals surface area contributed by atoms with Crippen LogP contribution in [-0.2, 0) is 11.3 Å². The lowest BCUT2D eigenvalue weighted by Crippen LogP contribution is -2.32. The van der Waals surface area contributed by atoms with Crippen LogP contribution in [0.15, 0.2) is 72.2 Å². The number of carbonyl (C=O) groups is 1. The number of nitrogens with one attached hydrogen (secondary N) is 1. The second-order valence-electron chi connectivity index (χ2n) is 8.00. The lowest BCUT2D eigenvalue weighted by molar-refractivity contribution is -0.121. The number of hydrogen-bond donors (Lipinski definition) is 1. The molecule has 1 N–H and O–H groups in total. The number of carbonyl (C=O) groups excluding carboxylic acids is 1. The molecule has 5 heteroatoms. The van der Waals surface area contributed by atoms with E-state index in [9.17, 15) is 9.18 Å². The highest BCUT2D eigenvalue weighted by molar-refractivity contribution is 7.10. The number of hydrogen-bond acceptors (Lipinski definition) is 2. The summed E-state index contributed by atoms with van der Waals surface area (Å²) in [7, 11) is 0. The van der Waals surface area contributed by atoms with Crippen molar-refractivity contribution in [3.8, 4) is 0 Å². The minimum absolute atomic E-state index is 0.0107. The van der Waals surface area contributed by atoms with Crippen LogP contribution < -0.4 is 5.32 Å². The van der Waals surface area contributed by atoms with E-state index in [1.165, 1.54) is 17.0 Å². The zero-order valence-electron chi connectivity index (χ0n) is 17.8. The summed E-state index contributed by atoms with van der Waals surface area (Å²) in [6.07, 6.45) is 3.48. The number of aromatic nitrogens is 1. The van der Waals surface area contributed by atoms with Crippen LogP contribution in [0, 0.1) is 5.82 Å². The molecule has 2 aromatic heterocycles. The molecule has 0 fully saturated rings. The molecule has 2 heterocycles. The van der Waals surface area contributed by atoms with Gasteiger partial charge in [0.1, 0.15) is 5.82 Å². The Morgan fingerprint density at radius 1 is 1.10 bits per heavy atom. The van der Waals surface area contributed by atoms with Gasteiger partial charge in [-0.3, -0.25) is 4.79 Å². The Morgan fingerprint density at radius 3 is 2.58 bits per heavy atom. The molecule has 0 aliphatic heterocycles. The summed E-state index contributed by atoms with van der Waals surface area (Å²) < 4.78 is 15.5. The summed E-state index contributed by atoms with van der Waals surface area (Å²) in [4.78, 5) is 14.0. The van der Waals surface area contributed by atoms with E-state index in [1.54, 1.807) is 11.3 Å². The minimum atomic E-state index is -0.230. The van der Waals surface area contributed by atoms with Crippen LogP contribution in [-0.4, -0.2) is 16.5 Å². The predicted molar refractivity (Wildman–Crippen MR) is 126 cm³/mol. The fraction of sp³-hybridized carbons (Fsp3) is 0.269. The van der Waals surface area contributed by atoms with E-state index < -0.39 is 0 Å². The van der Waals surface area contributed by atoms with E-state index in [2.05, 4.69) is 46.6 Å². The summed E-state index contributed by atoms with van der Waals surface area (Å²) in [5.41, 5.74) is 3.31. The average Bonchev–Trinajstić information content (AvgIpc) is 3.43. The highest BCUT2D eigenvalue weighted by Crippen LogP contribution is 2.37. The molecule has 0 spiro atoms. The Kier molecular flexibility index (Phi) is 6.52. The lowest BCUT2D eigenvalue weighted by atomic mass is 9.93. The van der Waals surface area contributed by atoms with Gasteiger partial charge in [-0.25, -0.2) is 4.39 Å². The van der Waals surface area contributed by atoms with Gasteiger partial charge in [-0.2, -0.15) is 0 Å². The first-order valence-corrected chi connectivity index (χ1v) is 11.6. The number of amides is 1. The van der Waals surface area contributed by atoms with Gasteiger partial charge in [0.2, 0.25) is 5.91 Å². The molecule has 160 valence electrons. The number of thiophene rings is 1. The van der Waals surface area contributed by atoms with Crippen molar-refractivity contribution >= 4 is 28.1 Å². The second kappa shape index (κ2) is 9.48. The molecular weight excluding hydrogens is 407 g/mol. The van der Waals surface area contributed by atoms with Crippen molar-refractivity contribution in [1.82, 2.24) is 9.88 Å². The number of para-hydroxylation sites is 1. The molecule has 0 aliphatic carbocycles. The molecule has 1 amide bonds. The fourth-order valence-corrected chi connectivity index (χ4v) is 4.79. The first kappa shape index (κ1) is 21.3. The number of rotatable bonds is 8. The van der Waals surface area contributed by atoms with Gasteiger partial charge in [-0.1, -0.05) is 43.3 Å². The van der Waals surface area contributed by atoms with Crippen molar-refractivity contribution in [2.24, 2.45) is 0 Å². The lowest BCUT2D eigenvalue weighted by Gasteiger charge is -2.17. The van der Waals surface area contributed by atoms with Crippen LogP contribution in [0.2, 0.25) is 0 Å². The molecule has 2 atom stereocenters. The SMILES string of the molecule is CC[C@@H](C)NC(=O)C[C@@H](c1cccs1)c1cn(Cc2ccc(F)cc2)c2ccccc12. The van der Waals surface area contributed by atoms with Gasteiger partial charge in [-0.15, -0.1) is 11.3 Å². The van der Waals surface area contributed by atoms with Crippen molar-refractivity contribution in [1.29, 1.82) is 0 Å². The summed E-state index contributed by atoms with van der Waals surface area (Å²) in [5, 5.41) is 6.33. The zero-order valence-corrected chi connectivity index (χ0v) is 18.7. The molecule has 3 nitrogen and oxygen atoms in total. The maximum absolute atomic E-state index is 13.3. The number of fused-ring (bicyclic) bond motifs is 1. The normalized spacial score (nSPS) is 13.3. The highest BCUT2D eigenvalue weighted by Gasteiger charge is 2.24. The van der Waals surface area contributed by atoms with Gasteiger partial charge in [0, 0.05) is 46.9 Å². The van der Waals surface area contributed by atoms with Crippen molar-refractivity contribution in [2.45, 2.75) is 45.2 Å². The fourth-order valence-electron chi connectivity index (χ4n) is 3.94. The summed E-state index contributed by atoms with van der Waals surface area (Å²) >= 11 is 1.68. The smallest absolute Gasteiger partial charge is 0.221 e. The van der Waals surface area contributed by atoms with E-state index in [-0.39, 0.29) is 23.7 Å². The molecule has 31 heavy (non-hydrogen) atoms. The molecule has 2 aromatic carbocycles. The first-order chi connectivity index (χ1) is 15.0. The van der Waals surface area contributed by atoms with Crippen molar-refractivity contribution in [3.63, 3.8) is 0 Å². The Bertz CT molecular complexity index is 1150. The standard InChI is InChI=1S/C26H27FN2OS/c1-3-18(2)28-26(30)15-22(25-9-6-14-31-25)23-17-29(24-8-5-4-7-21(23)24)16-19-10-12-20(27)13-11-19/h4-14,17-18,22H,3,15-16H2,1-2H3,(H,28,30)/t18-,22-/m1/s1. The van der Waals surface area contributed by atoms with Crippen molar-refractivity contribution < 1.29 is 9.18 Å². The molecule has 0 radical (unpaired) electrons. The zero-order chi connectivity index (χ0) is 21.8. The number of benzene rings is 2. The monoisotopic (exact) mass is 434 g/mol. The van der Waals surface area contributed by atoms with Crippen LogP contribution in [0.1, 0.15) is 48.6 Å². The molecular formula is C26H27FN2OS. The summed E-state index contributed by atoms with van der Waals surface area (Å²) in [6, 6.07) is 19.2. The molecule has 0 bridgehead atoms. The number of nitrogens with zero attached hydrogens (tertiary/aromatic N) is 1. The third-order valence-electron chi connectivity index (χ3n) is 5.76. The molecule has 0 aliphatic rings. The van der Waals surface area contributed by atoms with Gasteiger partial charge in [0.15, 0.2) is 0 Å². The van der Waals surface area contributed by atoms with Gasteiger partial charge >= 0.3 is 0 Å². The van der Waals surface area contributed by atoms with Gasteiger partial charge in [0.25, 0.3) is 0 Å². The third kappa shape index (κ3) is 4.88. The Labute approximate surface area is 186 Å². The van der Waals surface area contributed by atoms with E-state index >= 15 is 0 Å². The summed E-state index contributed by atoms with van der Waals surface area (Å²) in [6.45, 7) is 4.76. The highest BCUT2D eigenvalue weighted by atomic mass is 32.1. The molecule has 4 aromatic rings. The predicted octanol–water partition coefficient (Wildman–Crippen LogP) is 6.33. The van der Waals surface area contributed by atoms with E-state index in [0.29, 0.717) is 13.0 Å². The van der Waals surface area contributed by atoms with Crippen molar-refractivity contribution in [3.05, 3.63) is 94.1 Å². The van der Waals surface area contributed by atoms with E-state index in [1.807, 2.05) is 37.3 Å². The van der Waals surface area contributed by atoms with Crippen molar-refractivity contribution in [2.75, 3.05) is 0 Å². The number of halogens is 1.